The van der Waals surface area contributed by atoms with Gasteiger partial charge in [0.25, 0.3) is 0 Å². The lowest BCUT2D eigenvalue weighted by Gasteiger charge is -1.89. The number of hydrogen-bond donors (Lipinski definition) is 0. The zero-order chi connectivity index (χ0) is 10.9. The molecule has 0 aliphatic heterocycles. The molecule has 13 heavy (non-hydrogen) atoms. The van der Waals surface area contributed by atoms with Gasteiger partial charge in [-0.2, -0.15) is 0 Å². The van der Waals surface area contributed by atoms with Gasteiger partial charge in [-0.3, -0.25) is 0 Å². The van der Waals surface area contributed by atoms with Crippen molar-refractivity contribution in [2.75, 3.05) is 13.2 Å². The highest BCUT2D eigenvalue weighted by Crippen LogP contribution is 1.73. The smallest absolute Gasteiger partial charge is 0.0647 e. The molecular formula is C12H26O. The van der Waals surface area contributed by atoms with Crippen LogP contribution in [0.3, 0.4) is 0 Å². The summed E-state index contributed by atoms with van der Waals surface area (Å²) in [6, 6.07) is 0. The van der Waals surface area contributed by atoms with Crippen LogP contribution in [0, 0.1) is 0 Å². The summed E-state index contributed by atoms with van der Waals surface area (Å²) in [5.41, 5.74) is 0. The van der Waals surface area contributed by atoms with Crippen LogP contribution in [0.1, 0.15) is 41.5 Å². The molecule has 0 atom stereocenters. The topological polar surface area (TPSA) is 9.23 Å². The van der Waals surface area contributed by atoms with Crippen LogP contribution in [0.25, 0.3) is 0 Å². The molecule has 0 unspecified atom stereocenters. The normalized spacial score (nSPS) is 9.08. The highest BCUT2D eigenvalue weighted by Gasteiger charge is 1.70. The van der Waals surface area contributed by atoms with E-state index in [-0.39, 0.29) is 0 Å². The summed E-state index contributed by atoms with van der Waals surface area (Å²) >= 11 is 0. The summed E-state index contributed by atoms with van der Waals surface area (Å²) in [4.78, 5) is 0. The van der Waals surface area contributed by atoms with Crippen LogP contribution in [-0.2, 0) is 4.74 Å². The van der Waals surface area contributed by atoms with E-state index in [0.29, 0.717) is 0 Å². The third-order valence-corrected chi connectivity index (χ3v) is 0.987. The Morgan fingerprint density at radius 3 is 1.62 bits per heavy atom. The minimum absolute atomic E-state index is 0.757. The first-order valence-electron chi connectivity index (χ1n) is 5.09. The third kappa shape index (κ3) is 51.7. The van der Waals surface area contributed by atoms with E-state index in [1.807, 2.05) is 65.8 Å². The average Bonchev–Trinajstić information content (AvgIpc) is 2.22. The van der Waals surface area contributed by atoms with Crippen molar-refractivity contribution < 1.29 is 4.74 Å². The minimum atomic E-state index is 0.757. The molecule has 80 valence electrons. The van der Waals surface area contributed by atoms with E-state index >= 15 is 0 Å². The Hall–Kier alpha value is -0.560. The highest BCUT2D eigenvalue weighted by atomic mass is 16.5. The summed E-state index contributed by atoms with van der Waals surface area (Å²) in [5.74, 6) is 0. The molecule has 0 heterocycles. The van der Waals surface area contributed by atoms with Gasteiger partial charge in [-0.15, -0.1) is 0 Å². The largest absolute Gasteiger partial charge is 0.378 e. The standard InChI is InChI=1S/C6H12O.C4H8.C2H6/c1-3-5-6-7-4-2;1-3-4-2;1-2/h3,5H,4,6H2,1-2H3;3-4H,1-2H3;1-2H3/b5-3+;4-3-;. The van der Waals surface area contributed by atoms with Gasteiger partial charge in [0.15, 0.2) is 0 Å². The van der Waals surface area contributed by atoms with Crippen molar-refractivity contribution in [2.45, 2.75) is 41.5 Å². The Bertz CT molecular complexity index is 89.3. The molecule has 0 saturated heterocycles. The van der Waals surface area contributed by atoms with E-state index in [9.17, 15) is 0 Å². The van der Waals surface area contributed by atoms with Crippen LogP contribution in [0.4, 0.5) is 0 Å². The Morgan fingerprint density at radius 2 is 1.38 bits per heavy atom. The predicted octanol–water partition coefficient (Wildman–Crippen LogP) is 4.21. The van der Waals surface area contributed by atoms with Crippen LogP contribution < -0.4 is 0 Å². The molecule has 0 aliphatic rings. The van der Waals surface area contributed by atoms with Gasteiger partial charge in [0, 0.05) is 6.61 Å². The van der Waals surface area contributed by atoms with E-state index in [2.05, 4.69) is 0 Å². The molecule has 0 aliphatic carbocycles. The lowest BCUT2D eigenvalue weighted by Crippen LogP contribution is -1.86. The molecule has 0 bridgehead atoms. The maximum atomic E-state index is 4.99. The number of ether oxygens (including phenoxy) is 1. The molecule has 0 spiro atoms. The van der Waals surface area contributed by atoms with Crippen LogP contribution in [0.2, 0.25) is 0 Å². The van der Waals surface area contributed by atoms with Crippen LogP contribution in [-0.4, -0.2) is 13.2 Å². The summed E-state index contributed by atoms with van der Waals surface area (Å²) < 4.78 is 4.99. The fourth-order valence-corrected chi connectivity index (χ4v) is 0.282. The first-order valence-corrected chi connectivity index (χ1v) is 5.09. The first kappa shape index (κ1) is 18.3. The van der Waals surface area contributed by atoms with Crippen LogP contribution >= 0.6 is 0 Å². The van der Waals surface area contributed by atoms with E-state index in [1.54, 1.807) is 0 Å². The van der Waals surface area contributed by atoms with Gasteiger partial charge in [0.1, 0.15) is 0 Å². The summed E-state index contributed by atoms with van der Waals surface area (Å²) in [5, 5.41) is 0. The average molecular weight is 186 g/mol. The van der Waals surface area contributed by atoms with E-state index in [0.717, 1.165) is 13.2 Å². The Balaban J connectivity index is -0.000000142. The van der Waals surface area contributed by atoms with Gasteiger partial charge in [0.2, 0.25) is 0 Å². The Kier molecular flexibility index (Phi) is 42.3. The van der Waals surface area contributed by atoms with E-state index in [4.69, 9.17) is 4.74 Å². The number of hydrogen-bond acceptors (Lipinski definition) is 1. The quantitative estimate of drug-likeness (QED) is 0.474. The molecule has 0 amide bonds. The van der Waals surface area contributed by atoms with E-state index in [1.165, 1.54) is 0 Å². The number of rotatable bonds is 3. The molecule has 0 rings (SSSR count). The molecule has 0 aromatic carbocycles. The summed E-state index contributed by atoms with van der Waals surface area (Å²) in [7, 11) is 0. The predicted molar refractivity (Wildman–Crippen MR) is 63.1 cm³/mol. The SMILES string of the molecule is C/C=C/COCC.C/C=C\C.CC. The summed E-state index contributed by atoms with van der Waals surface area (Å²) in [6.45, 7) is 13.5. The Labute approximate surface area is 84.5 Å². The van der Waals surface area contributed by atoms with Crippen molar-refractivity contribution in [3.63, 3.8) is 0 Å². The molecule has 0 saturated carbocycles. The van der Waals surface area contributed by atoms with Crippen molar-refractivity contribution >= 4 is 0 Å². The second kappa shape index (κ2) is 30.1. The van der Waals surface area contributed by atoms with Crippen LogP contribution in [0.5, 0.6) is 0 Å². The maximum Gasteiger partial charge on any atom is 0.0647 e. The second-order valence-corrected chi connectivity index (χ2v) is 1.90. The van der Waals surface area contributed by atoms with Gasteiger partial charge in [0.05, 0.1) is 6.61 Å². The molecule has 0 aromatic heterocycles. The van der Waals surface area contributed by atoms with E-state index < -0.39 is 0 Å². The molecule has 0 aromatic rings. The van der Waals surface area contributed by atoms with Crippen molar-refractivity contribution in [2.24, 2.45) is 0 Å². The van der Waals surface area contributed by atoms with Crippen molar-refractivity contribution in [3.8, 4) is 0 Å². The highest BCUT2D eigenvalue weighted by molar-refractivity contribution is 4.75. The number of allylic oxidation sites excluding steroid dienone is 3. The second-order valence-electron chi connectivity index (χ2n) is 1.90. The van der Waals surface area contributed by atoms with Crippen molar-refractivity contribution in [3.05, 3.63) is 24.3 Å². The zero-order valence-electron chi connectivity index (χ0n) is 10.1. The first-order chi connectivity index (χ1) is 6.33. The molecule has 1 heteroatoms. The molecule has 0 fully saturated rings. The third-order valence-electron chi connectivity index (χ3n) is 0.987. The summed E-state index contributed by atoms with van der Waals surface area (Å²) in [6.07, 6.45) is 7.97. The lowest BCUT2D eigenvalue weighted by atomic mass is 10.5. The monoisotopic (exact) mass is 186 g/mol. The van der Waals surface area contributed by atoms with Crippen molar-refractivity contribution in [1.29, 1.82) is 0 Å². The zero-order valence-corrected chi connectivity index (χ0v) is 10.1. The minimum Gasteiger partial charge on any atom is -0.378 e. The van der Waals surface area contributed by atoms with Crippen LogP contribution in [0.15, 0.2) is 24.3 Å². The van der Waals surface area contributed by atoms with Crippen molar-refractivity contribution in [1.82, 2.24) is 0 Å². The fourth-order valence-electron chi connectivity index (χ4n) is 0.282. The maximum absolute atomic E-state index is 4.99. The van der Waals surface area contributed by atoms with Gasteiger partial charge < -0.3 is 4.74 Å². The molecule has 0 radical (unpaired) electrons. The van der Waals surface area contributed by atoms with Gasteiger partial charge in [-0.1, -0.05) is 38.2 Å². The molecule has 1 nitrogen and oxygen atoms in total. The molecular weight excluding hydrogens is 160 g/mol. The fraction of sp³-hybridized carbons (Fsp3) is 0.667. The Morgan fingerprint density at radius 1 is 0.923 bits per heavy atom. The lowest BCUT2D eigenvalue weighted by molar-refractivity contribution is 0.177. The molecule has 0 N–H and O–H groups in total. The van der Waals surface area contributed by atoms with Gasteiger partial charge >= 0.3 is 0 Å². The van der Waals surface area contributed by atoms with Gasteiger partial charge in [-0.25, -0.2) is 0 Å². The van der Waals surface area contributed by atoms with Gasteiger partial charge in [-0.05, 0) is 27.7 Å².